The van der Waals surface area contributed by atoms with E-state index in [1.807, 2.05) is 56.3 Å². The lowest BCUT2D eigenvalue weighted by atomic mass is 10.00. The zero-order valence-corrected chi connectivity index (χ0v) is 18.1. The number of benzene rings is 3. The van der Waals surface area contributed by atoms with Crippen LogP contribution in [0.1, 0.15) is 34.3 Å². The van der Waals surface area contributed by atoms with E-state index in [-0.39, 0.29) is 10.5 Å². The van der Waals surface area contributed by atoms with Gasteiger partial charge in [-0.2, -0.15) is 4.31 Å². The molecule has 6 heteroatoms. The van der Waals surface area contributed by atoms with E-state index in [2.05, 4.69) is 0 Å². The highest BCUT2D eigenvalue weighted by Gasteiger charge is 2.46. The minimum absolute atomic E-state index is 0.0494. The van der Waals surface area contributed by atoms with Crippen molar-refractivity contribution in [2.45, 2.75) is 30.8 Å². The van der Waals surface area contributed by atoms with E-state index in [0.29, 0.717) is 11.1 Å². The van der Waals surface area contributed by atoms with Crippen LogP contribution in [-0.4, -0.2) is 23.8 Å². The van der Waals surface area contributed by atoms with Gasteiger partial charge in [-0.1, -0.05) is 77.9 Å². The van der Waals surface area contributed by atoms with E-state index >= 15 is 0 Å². The smallest absolute Gasteiger partial charge is 0.333 e. The van der Waals surface area contributed by atoms with E-state index < -0.39 is 28.1 Å². The molecule has 0 bridgehead atoms. The number of sulfonamides is 1. The number of hydrogen-bond acceptors (Lipinski definition) is 3. The minimum atomic E-state index is -4.01. The van der Waals surface area contributed by atoms with Gasteiger partial charge in [-0.05, 0) is 43.2 Å². The molecule has 0 amide bonds. The van der Waals surface area contributed by atoms with Crippen LogP contribution in [0.2, 0.25) is 0 Å². The number of carboxylic acids is 1. The van der Waals surface area contributed by atoms with Gasteiger partial charge in [0.05, 0.1) is 22.6 Å². The topological polar surface area (TPSA) is 74.7 Å². The molecule has 1 N–H and O–H groups in total. The largest absolute Gasteiger partial charge is 0.478 e. The summed E-state index contributed by atoms with van der Waals surface area (Å²) in [6.07, 6.45) is 1.55. The SMILES string of the molecule is Cc1ccc([C@@H]2C(C(=O)O)=C[C@H](c3ccccc3)N2S(=O)(=O)c2ccc(C)cc2)cc1. The van der Waals surface area contributed by atoms with Gasteiger partial charge in [0, 0.05) is 0 Å². The molecule has 1 aliphatic rings. The maximum Gasteiger partial charge on any atom is 0.333 e. The summed E-state index contributed by atoms with van der Waals surface area (Å²) in [5.41, 5.74) is 3.34. The second kappa shape index (κ2) is 8.13. The van der Waals surface area contributed by atoms with E-state index in [4.69, 9.17) is 0 Å². The van der Waals surface area contributed by atoms with Gasteiger partial charge >= 0.3 is 5.97 Å². The summed E-state index contributed by atoms with van der Waals surface area (Å²) < 4.78 is 29.0. The summed E-state index contributed by atoms with van der Waals surface area (Å²) in [6, 6.07) is 21.4. The molecule has 31 heavy (non-hydrogen) atoms. The van der Waals surface area contributed by atoms with E-state index in [9.17, 15) is 18.3 Å². The number of rotatable bonds is 5. The van der Waals surface area contributed by atoms with Crippen molar-refractivity contribution in [2.75, 3.05) is 0 Å². The van der Waals surface area contributed by atoms with Crippen LogP contribution in [0.15, 0.2) is 95.4 Å². The quantitative estimate of drug-likeness (QED) is 0.627. The van der Waals surface area contributed by atoms with Crippen molar-refractivity contribution in [3.8, 4) is 0 Å². The standard InChI is InChI=1S/C25H23NO4S/c1-17-8-12-20(13-9-17)24-22(25(27)28)16-23(19-6-4-3-5-7-19)26(24)31(29,30)21-14-10-18(2)11-15-21/h3-16,23-24H,1-2H3,(H,27,28)/t23-,24-/m1/s1. The van der Waals surface area contributed by atoms with Crippen LogP contribution in [-0.2, 0) is 14.8 Å². The maximum atomic E-state index is 13.8. The molecular formula is C25H23NO4S. The van der Waals surface area contributed by atoms with Crippen molar-refractivity contribution in [1.82, 2.24) is 4.31 Å². The first kappa shape index (κ1) is 21.0. The van der Waals surface area contributed by atoms with E-state index in [1.165, 1.54) is 4.31 Å². The Morgan fingerprint density at radius 3 is 1.90 bits per heavy atom. The molecule has 4 rings (SSSR count). The predicted octanol–water partition coefficient (Wildman–Crippen LogP) is 4.80. The first-order chi connectivity index (χ1) is 14.8. The van der Waals surface area contributed by atoms with Gasteiger partial charge < -0.3 is 5.11 Å². The monoisotopic (exact) mass is 433 g/mol. The summed E-state index contributed by atoms with van der Waals surface area (Å²) in [7, 11) is -4.01. The van der Waals surface area contributed by atoms with Crippen LogP contribution in [0.3, 0.4) is 0 Å². The highest BCUT2D eigenvalue weighted by Crippen LogP contribution is 2.47. The van der Waals surface area contributed by atoms with Gasteiger partial charge in [0.25, 0.3) is 0 Å². The van der Waals surface area contributed by atoms with Crippen molar-refractivity contribution in [3.63, 3.8) is 0 Å². The second-order valence-electron chi connectivity index (χ2n) is 7.74. The number of carbonyl (C=O) groups is 1. The van der Waals surface area contributed by atoms with Crippen molar-refractivity contribution in [2.24, 2.45) is 0 Å². The van der Waals surface area contributed by atoms with Crippen LogP contribution in [0.25, 0.3) is 0 Å². The van der Waals surface area contributed by atoms with Crippen molar-refractivity contribution in [3.05, 3.63) is 113 Å². The molecule has 0 fully saturated rings. The molecule has 2 atom stereocenters. The Bertz CT molecular complexity index is 1230. The first-order valence-electron chi connectivity index (χ1n) is 9.96. The van der Waals surface area contributed by atoms with Crippen LogP contribution < -0.4 is 0 Å². The summed E-state index contributed by atoms with van der Waals surface area (Å²) in [6.45, 7) is 3.82. The van der Waals surface area contributed by atoms with Crippen molar-refractivity contribution < 1.29 is 18.3 Å². The molecule has 158 valence electrons. The minimum Gasteiger partial charge on any atom is -0.478 e. The number of carboxylic acid groups (broad SMARTS) is 1. The lowest BCUT2D eigenvalue weighted by Gasteiger charge is -2.31. The first-order valence-corrected chi connectivity index (χ1v) is 11.4. The Balaban J connectivity index is 1.93. The zero-order valence-electron chi connectivity index (χ0n) is 17.3. The lowest BCUT2D eigenvalue weighted by molar-refractivity contribution is -0.133. The second-order valence-corrected chi connectivity index (χ2v) is 9.59. The zero-order chi connectivity index (χ0) is 22.2. The van der Waals surface area contributed by atoms with Gasteiger partial charge in [0.1, 0.15) is 0 Å². The Morgan fingerprint density at radius 2 is 1.35 bits per heavy atom. The molecule has 0 radical (unpaired) electrons. The number of nitrogens with zero attached hydrogens (tertiary/aromatic N) is 1. The molecule has 0 aromatic heterocycles. The third-order valence-corrected chi connectivity index (χ3v) is 7.40. The van der Waals surface area contributed by atoms with Gasteiger partial charge in [-0.3, -0.25) is 0 Å². The van der Waals surface area contributed by atoms with Crippen LogP contribution in [0, 0.1) is 13.8 Å². The normalized spacial score (nSPS) is 19.2. The highest BCUT2D eigenvalue weighted by atomic mass is 32.2. The molecule has 0 saturated heterocycles. The maximum absolute atomic E-state index is 13.8. The number of aliphatic carboxylic acids is 1. The van der Waals surface area contributed by atoms with Gasteiger partial charge in [-0.15, -0.1) is 0 Å². The molecule has 0 unspecified atom stereocenters. The summed E-state index contributed by atoms with van der Waals surface area (Å²) >= 11 is 0. The molecule has 0 aliphatic carbocycles. The Kier molecular flexibility index (Phi) is 5.52. The summed E-state index contributed by atoms with van der Waals surface area (Å²) in [5, 5.41) is 9.96. The fourth-order valence-corrected chi connectivity index (χ4v) is 5.63. The molecule has 0 saturated carbocycles. The summed E-state index contributed by atoms with van der Waals surface area (Å²) in [4.78, 5) is 12.3. The average molecular weight is 434 g/mol. The van der Waals surface area contributed by atoms with Crippen molar-refractivity contribution in [1.29, 1.82) is 0 Å². The van der Waals surface area contributed by atoms with Crippen LogP contribution >= 0.6 is 0 Å². The molecule has 3 aromatic carbocycles. The Morgan fingerprint density at radius 1 is 0.806 bits per heavy atom. The number of aryl methyl sites for hydroxylation is 2. The molecule has 0 spiro atoms. The third-order valence-electron chi connectivity index (χ3n) is 5.54. The lowest BCUT2D eigenvalue weighted by Crippen LogP contribution is -2.35. The Hall–Kier alpha value is -3.22. The molecule has 1 heterocycles. The van der Waals surface area contributed by atoms with E-state index in [1.54, 1.807) is 42.5 Å². The van der Waals surface area contributed by atoms with Crippen LogP contribution in [0.4, 0.5) is 0 Å². The fraction of sp³-hybridized carbons (Fsp3) is 0.160. The van der Waals surface area contributed by atoms with Crippen LogP contribution in [0.5, 0.6) is 0 Å². The molecule has 1 aliphatic heterocycles. The fourth-order valence-electron chi connectivity index (χ4n) is 3.91. The average Bonchev–Trinajstić information content (AvgIpc) is 3.17. The van der Waals surface area contributed by atoms with Gasteiger partial charge in [-0.25, -0.2) is 13.2 Å². The molecular weight excluding hydrogens is 410 g/mol. The molecule has 5 nitrogen and oxygen atoms in total. The highest BCUT2D eigenvalue weighted by molar-refractivity contribution is 7.89. The van der Waals surface area contributed by atoms with E-state index in [0.717, 1.165) is 11.1 Å². The third kappa shape index (κ3) is 3.92. The summed E-state index contributed by atoms with van der Waals surface area (Å²) in [5.74, 6) is -1.13. The van der Waals surface area contributed by atoms with Gasteiger partial charge in [0.15, 0.2) is 0 Å². The molecule has 3 aromatic rings. The number of hydrogen-bond donors (Lipinski definition) is 1. The van der Waals surface area contributed by atoms with Crippen molar-refractivity contribution >= 4 is 16.0 Å². The van der Waals surface area contributed by atoms with Gasteiger partial charge in [0.2, 0.25) is 10.0 Å². The predicted molar refractivity (Wildman–Crippen MR) is 119 cm³/mol. The Labute approximate surface area is 182 Å².